The van der Waals surface area contributed by atoms with Gasteiger partial charge in [0.25, 0.3) is 5.91 Å². The van der Waals surface area contributed by atoms with Crippen LogP contribution in [0.1, 0.15) is 23.2 Å². The smallest absolute Gasteiger partial charge is 0.475 e. The minimum atomic E-state index is -5.08. The van der Waals surface area contributed by atoms with Crippen LogP contribution >= 0.6 is 27.3 Å². The highest BCUT2D eigenvalue weighted by Gasteiger charge is 2.38. The van der Waals surface area contributed by atoms with Gasteiger partial charge in [-0.3, -0.25) is 4.79 Å². The Morgan fingerprint density at radius 3 is 2.61 bits per heavy atom. The second-order valence-corrected chi connectivity index (χ2v) is 9.70. The largest absolute Gasteiger partial charge is 0.490 e. The van der Waals surface area contributed by atoms with Gasteiger partial charge >= 0.3 is 12.1 Å². The van der Waals surface area contributed by atoms with E-state index in [0.717, 1.165) is 28.4 Å². The van der Waals surface area contributed by atoms with Crippen LogP contribution in [-0.2, 0) is 4.79 Å². The van der Waals surface area contributed by atoms with Gasteiger partial charge in [-0.15, -0.1) is 11.3 Å². The number of carboxylic acid groups (broad SMARTS) is 1. The fraction of sp³-hybridized carbons (Fsp3) is 0.368. The number of carbonyl (C=O) groups excluding carboxylic acids is 1. The lowest BCUT2D eigenvalue weighted by molar-refractivity contribution is -0.192. The zero-order valence-corrected chi connectivity index (χ0v) is 19.2. The van der Waals surface area contributed by atoms with Crippen LogP contribution in [0.2, 0.25) is 0 Å². The van der Waals surface area contributed by atoms with E-state index in [1.807, 2.05) is 23.7 Å². The third kappa shape index (κ3) is 5.12. The highest BCUT2D eigenvalue weighted by atomic mass is 79.9. The number of amides is 1. The molecule has 3 saturated heterocycles. The van der Waals surface area contributed by atoms with Crippen molar-refractivity contribution >= 4 is 56.3 Å². The molecule has 0 saturated carbocycles. The van der Waals surface area contributed by atoms with Gasteiger partial charge in [0.2, 0.25) is 0 Å². The van der Waals surface area contributed by atoms with E-state index in [4.69, 9.17) is 14.9 Å². The minimum absolute atomic E-state index is 0.203. The predicted octanol–water partition coefficient (Wildman–Crippen LogP) is 3.38. The summed E-state index contributed by atoms with van der Waals surface area (Å²) in [7, 11) is 0. The zero-order valence-electron chi connectivity index (χ0n) is 16.8. The Bertz CT molecular complexity index is 1180. The summed E-state index contributed by atoms with van der Waals surface area (Å²) in [5, 5.41) is 19.8. The van der Waals surface area contributed by atoms with E-state index in [0.29, 0.717) is 23.3 Å². The lowest BCUT2D eigenvalue weighted by atomic mass is 9.93. The molecule has 2 unspecified atom stereocenters. The minimum Gasteiger partial charge on any atom is -0.475 e. The van der Waals surface area contributed by atoms with Crippen molar-refractivity contribution in [3.63, 3.8) is 0 Å². The molecular formula is C19H18BrF3N6O3S. The average molecular weight is 547 g/mol. The number of nitrogens with zero attached hydrogens (tertiary/aromatic N) is 4. The van der Waals surface area contributed by atoms with Crippen molar-refractivity contribution in [1.82, 2.24) is 19.9 Å². The number of anilines is 2. The maximum atomic E-state index is 12.7. The first-order valence-electron chi connectivity index (χ1n) is 9.82. The number of aliphatic carboxylic acids is 1. The van der Waals surface area contributed by atoms with Gasteiger partial charge in [0.05, 0.1) is 15.7 Å². The number of thiophene rings is 1. The van der Waals surface area contributed by atoms with Gasteiger partial charge in [0.1, 0.15) is 11.4 Å². The first-order valence-corrected chi connectivity index (χ1v) is 11.5. The number of fused-ring (bicyclic) bond motifs is 4. The molecule has 6 rings (SSSR count). The second kappa shape index (κ2) is 9.27. The first-order chi connectivity index (χ1) is 15.6. The average Bonchev–Trinajstić information content (AvgIpc) is 3.40. The van der Waals surface area contributed by atoms with Crippen LogP contribution in [0.25, 0.3) is 5.65 Å². The summed E-state index contributed by atoms with van der Waals surface area (Å²) in [4.78, 5) is 28.7. The molecule has 0 aliphatic carbocycles. The Hall–Kier alpha value is -2.71. The fourth-order valence-corrected chi connectivity index (χ4v) is 4.86. The zero-order chi connectivity index (χ0) is 23.8. The summed E-state index contributed by atoms with van der Waals surface area (Å²) in [5.74, 6) is -2.04. The Morgan fingerprint density at radius 2 is 2.06 bits per heavy atom. The van der Waals surface area contributed by atoms with Crippen molar-refractivity contribution in [3.05, 3.63) is 39.3 Å². The molecule has 9 nitrogen and oxygen atoms in total. The first kappa shape index (κ1) is 23.4. The standard InChI is InChI=1S/C17H17BrN6OS.C2HF3O2/c18-15-13(4-6-26-15)21-17(25)12-8-20-24-5-3-14(22-16(12)24)23-9-10-1-2-11(23)7-19-10;3-2(4,5)1(6)7/h3-6,8,10-11,19H,1-2,7,9H2,(H,21,25);(H,6,7). The molecule has 3 N–H and O–H groups in total. The molecule has 3 aliphatic heterocycles. The van der Waals surface area contributed by atoms with E-state index >= 15 is 0 Å². The summed E-state index contributed by atoms with van der Waals surface area (Å²) in [6.07, 6.45) is 0.777. The normalized spacial score (nSPS) is 19.8. The van der Waals surface area contributed by atoms with Crippen LogP contribution in [0.3, 0.4) is 0 Å². The van der Waals surface area contributed by atoms with E-state index in [9.17, 15) is 18.0 Å². The maximum Gasteiger partial charge on any atom is 0.490 e. The molecule has 3 aromatic heterocycles. The van der Waals surface area contributed by atoms with E-state index in [2.05, 4.69) is 36.6 Å². The Balaban J connectivity index is 0.000000325. The molecule has 3 aliphatic rings. The number of hydrogen-bond donors (Lipinski definition) is 3. The van der Waals surface area contributed by atoms with Crippen LogP contribution in [-0.4, -0.2) is 62.9 Å². The number of aromatic nitrogens is 3. The van der Waals surface area contributed by atoms with Gasteiger partial charge in [-0.2, -0.15) is 18.3 Å². The van der Waals surface area contributed by atoms with Crippen LogP contribution in [0.15, 0.2) is 33.7 Å². The molecule has 0 aromatic carbocycles. The molecule has 33 heavy (non-hydrogen) atoms. The van der Waals surface area contributed by atoms with Crippen LogP contribution in [0.5, 0.6) is 0 Å². The fourth-order valence-electron chi connectivity index (χ4n) is 3.74. The van der Waals surface area contributed by atoms with Crippen molar-refractivity contribution in [1.29, 1.82) is 0 Å². The van der Waals surface area contributed by atoms with Gasteiger partial charge in [0.15, 0.2) is 5.65 Å². The van der Waals surface area contributed by atoms with Crippen molar-refractivity contribution in [2.75, 3.05) is 23.3 Å². The summed E-state index contributed by atoms with van der Waals surface area (Å²) < 4.78 is 34.3. The van der Waals surface area contributed by atoms with Crippen molar-refractivity contribution < 1.29 is 27.9 Å². The van der Waals surface area contributed by atoms with Gasteiger partial charge < -0.3 is 20.6 Å². The van der Waals surface area contributed by atoms with E-state index < -0.39 is 12.1 Å². The molecule has 14 heteroatoms. The predicted molar refractivity (Wildman–Crippen MR) is 119 cm³/mol. The Labute approximate surface area is 197 Å². The number of carbonyl (C=O) groups is 2. The van der Waals surface area contributed by atoms with Crippen molar-refractivity contribution in [2.24, 2.45) is 0 Å². The Kier molecular flexibility index (Phi) is 6.59. The molecular weight excluding hydrogens is 529 g/mol. The number of rotatable bonds is 3. The molecule has 6 heterocycles. The molecule has 176 valence electrons. The molecule has 2 atom stereocenters. The number of halogens is 4. The van der Waals surface area contributed by atoms with Crippen molar-refractivity contribution in [3.8, 4) is 0 Å². The summed E-state index contributed by atoms with van der Waals surface area (Å²) in [6, 6.07) is 4.85. The number of carboxylic acids is 1. The van der Waals surface area contributed by atoms with Crippen LogP contribution < -0.4 is 15.5 Å². The third-order valence-electron chi connectivity index (χ3n) is 5.35. The van der Waals surface area contributed by atoms with Gasteiger partial charge in [-0.1, -0.05) is 0 Å². The topological polar surface area (TPSA) is 112 Å². The Morgan fingerprint density at radius 1 is 1.30 bits per heavy atom. The van der Waals surface area contributed by atoms with Gasteiger partial charge in [0, 0.05) is 31.4 Å². The van der Waals surface area contributed by atoms with Crippen LogP contribution in [0.4, 0.5) is 24.7 Å². The summed E-state index contributed by atoms with van der Waals surface area (Å²) >= 11 is 4.97. The number of alkyl halides is 3. The SMILES string of the molecule is O=C(Nc1ccsc1Br)c1cnn2ccc(N3CC4CCC3CN4)nc12.O=C(O)C(F)(F)F. The lowest BCUT2D eigenvalue weighted by Gasteiger charge is -2.46. The molecule has 2 bridgehead atoms. The molecule has 1 amide bonds. The maximum absolute atomic E-state index is 12.7. The van der Waals surface area contributed by atoms with Crippen LogP contribution in [0, 0.1) is 0 Å². The molecule has 0 radical (unpaired) electrons. The number of nitrogens with one attached hydrogen (secondary N) is 2. The number of hydrogen-bond acceptors (Lipinski definition) is 7. The third-order valence-corrected chi connectivity index (χ3v) is 7.04. The van der Waals surface area contributed by atoms with E-state index in [1.54, 1.807) is 10.7 Å². The number of piperidine rings is 2. The lowest BCUT2D eigenvalue weighted by Crippen LogP contribution is -2.61. The summed E-state index contributed by atoms with van der Waals surface area (Å²) in [6.45, 7) is 1.96. The second-order valence-electron chi connectivity index (χ2n) is 7.47. The highest BCUT2D eigenvalue weighted by Crippen LogP contribution is 2.30. The summed E-state index contributed by atoms with van der Waals surface area (Å²) in [5.41, 5.74) is 1.82. The van der Waals surface area contributed by atoms with Gasteiger partial charge in [-0.05, 0) is 46.3 Å². The quantitative estimate of drug-likeness (QED) is 0.461. The molecule has 0 spiro atoms. The highest BCUT2D eigenvalue weighted by molar-refractivity contribution is 9.11. The molecule has 3 aromatic rings. The number of piperazine rings is 1. The van der Waals surface area contributed by atoms with Gasteiger partial charge in [-0.25, -0.2) is 14.3 Å². The van der Waals surface area contributed by atoms with E-state index in [1.165, 1.54) is 24.2 Å². The van der Waals surface area contributed by atoms with E-state index in [-0.39, 0.29) is 5.91 Å². The van der Waals surface area contributed by atoms with Crippen molar-refractivity contribution in [2.45, 2.75) is 31.1 Å². The molecule has 3 fully saturated rings. The monoisotopic (exact) mass is 546 g/mol.